The van der Waals surface area contributed by atoms with Gasteiger partial charge < -0.3 is 10.6 Å². The van der Waals surface area contributed by atoms with Gasteiger partial charge in [-0.25, -0.2) is 0 Å². The minimum Gasteiger partial charge on any atom is -0.384 e. The average molecular weight is 269 g/mol. The number of amides is 1. The molecule has 1 aromatic heterocycles. The van der Waals surface area contributed by atoms with Crippen LogP contribution in [0.15, 0.2) is 48.8 Å². The number of carbonyl (C=O) groups is 1. The largest absolute Gasteiger partial charge is 0.384 e. The van der Waals surface area contributed by atoms with E-state index in [0.717, 1.165) is 11.3 Å². The molecule has 1 heterocycles. The summed E-state index contributed by atoms with van der Waals surface area (Å²) in [6, 6.07) is 11.8. The van der Waals surface area contributed by atoms with Crippen LogP contribution in [0.3, 0.4) is 0 Å². The highest BCUT2D eigenvalue weighted by atomic mass is 16.1. The summed E-state index contributed by atoms with van der Waals surface area (Å²) in [4.78, 5) is 15.7. The van der Waals surface area contributed by atoms with Crippen LogP contribution in [0, 0.1) is 6.92 Å². The summed E-state index contributed by atoms with van der Waals surface area (Å²) >= 11 is 0. The summed E-state index contributed by atoms with van der Waals surface area (Å²) < 4.78 is 0. The van der Waals surface area contributed by atoms with Crippen molar-refractivity contribution in [2.45, 2.75) is 19.9 Å². The number of hydrogen-bond donors (Lipinski definition) is 2. The van der Waals surface area contributed by atoms with Gasteiger partial charge >= 0.3 is 0 Å². The summed E-state index contributed by atoms with van der Waals surface area (Å²) in [5, 5.41) is 6.16. The van der Waals surface area contributed by atoms with Crippen molar-refractivity contribution in [1.82, 2.24) is 10.3 Å². The van der Waals surface area contributed by atoms with Crippen LogP contribution in [0.5, 0.6) is 0 Å². The first-order valence-electron chi connectivity index (χ1n) is 6.71. The molecule has 20 heavy (non-hydrogen) atoms. The van der Waals surface area contributed by atoms with E-state index in [0.29, 0.717) is 19.5 Å². The van der Waals surface area contributed by atoms with E-state index in [4.69, 9.17) is 0 Å². The van der Waals surface area contributed by atoms with Crippen LogP contribution >= 0.6 is 0 Å². The Morgan fingerprint density at radius 3 is 2.65 bits per heavy atom. The van der Waals surface area contributed by atoms with Gasteiger partial charge in [0.25, 0.3) is 0 Å². The van der Waals surface area contributed by atoms with Crippen LogP contribution in [0.2, 0.25) is 0 Å². The Hall–Kier alpha value is -2.36. The van der Waals surface area contributed by atoms with Crippen LogP contribution in [0.1, 0.15) is 17.5 Å². The molecule has 4 nitrogen and oxygen atoms in total. The highest BCUT2D eigenvalue weighted by molar-refractivity contribution is 5.76. The van der Waals surface area contributed by atoms with Crippen molar-refractivity contribution < 1.29 is 4.79 Å². The van der Waals surface area contributed by atoms with Crippen molar-refractivity contribution in [2.75, 3.05) is 11.9 Å². The number of rotatable bonds is 6. The monoisotopic (exact) mass is 269 g/mol. The van der Waals surface area contributed by atoms with Gasteiger partial charge in [-0.05, 0) is 36.2 Å². The lowest BCUT2D eigenvalue weighted by atomic mass is 10.2. The SMILES string of the molecule is Cc1ccccc1NCCC(=O)NCc1ccncc1. The Balaban J connectivity index is 1.69. The number of para-hydroxylation sites is 1. The van der Waals surface area contributed by atoms with Crippen molar-refractivity contribution in [1.29, 1.82) is 0 Å². The molecule has 2 rings (SSSR count). The molecular weight excluding hydrogens is 250 g/mol. The van der Waals surface area contributed by atoms with Crippen LogP contribution in [0.25, 0.3) is 0 Å². The minimum absolute atomic E-state index is 0.0443. The Bertz CT molecular complexity index is 555. The molecule has 0 bridgehead atoms. The first kappa shape index (κ1) is 14.1. The Morgan fingerprint density at radius 2 is 1.90 bits per heavy atom. The minimum atomic E-state index is 0.0443. The average Bonchev–Trinajstić information content (AvgIpc) is 2.48. The van der Waals surface area contributed by atoms with Crippen molar-refractivity contribution in [3.63, 3.8) is 0 Å². The molecule has 0 radical (unpaired) electrons. The Morgan fingerprint density at radius 1 is 1.15 bits per heavy atom. The number of carbonyl (C=O) groups excluding carboxylic acids is 1. The first-order chi connectivity index (χ1) is 9.75. The van der Waals surface area contributed by atoms with Gasteiger partial charge in [0.2, 0.25) is 5.91 Å². The van der Waals surface area contributed by atoms with Crippen molar-refractivity contribution in [3.05, 3.63) is 59.9 Å². The predicted molar refractivity (Wildman–Crippen MR) is 80.4 cm³/mol. The fourth-order valence-corrected chi connectivity index (χ4v) is 1.87. The quantitative estimate of drug-likeness (QED) is 0.847. The van der Waals surface area contributed by atoms with Gasteiger partial charge in [0.15, 0.2) is 0 Å². The maximum absolute atomic E-state index is 11.7. The number of nitrogens with one attached hydrogen (secondary N) is 2. The normalized spacial score (nSPS) is 10.1. The standard InChI is InChI=1S/C16H19N3O/c1-13-4-2-3-5-15(13)18-11-8-16(20)19-12-14-6-9-17-10-7-14/h2-7,9-10,18H,8,11-12H2,1H3,(H,19,20). The molecule has 0 saturated carbocycles. The molecular formula is C16H19N3O. The third kappa shape index (κ3) is 4.39. The second kappa shape index (κ2) is 7.28. The van der Waals surface area contributed by atoms with E-state index >= 15 is 0 Å². The number of pyridine rings is 1. The molecule has 0 aliphatic rings. The number of aryl methyl sites for hydroxylation is 1. The molecule has 0 fully saturated rings. The van der Waals surface area contributed by atoms with Crippen LogP contribution in [0.4, 0.5) is 5.69 Å². The number of nitrogens with zero attached hydrogens (tertiary/aromatic N) is 1. The van der Waals surface area contributed by atoms with Gasteiger partial charge in [-0.3, -0.25) is 9.78 Å². The first-order valence-corrected chi connectivity index (χ1v) is 6.71. The van der Waals surface area contributed by atoms with Crippen LogP contribution < -0.4 is 10.6 Å². The van der Waals surface area contributed by atoms with E-state index in [1.54, 1.807) is 12.4 Å². The summed E-state index contributed by atoms with van der Waals surface area (Å²) in [7, 11) is 0. The maximum atomic E-state index is 11.7. The second-order valence-electron chi connectivity index (χ2n) is 4.62. The van der Waals surface area contributed by atoms with Crippen molar-refractivity contribution in [3.8, 4) is 0 Å². The number of benzene rings is 1. The lowest BCUT2D eigenvalue weighted by Crippen LogP contribution is -2.24. The number of hydrogen-bond acceptors (Lipinski definition) is 3. The molecule has 1 amide bonds. The third-order valence-corrected chi connectivity index (χ3v) is 3.05. The summed E-state index contributed by atoms with van der Waals surface area (Å²) in [6.07, 6.45) is 3.90. The highest BCUT2D eigenvalue weighted by Gasteiger charge is 2.02. The van der Waals surface area contributed by atoms with E-state index in [9.17, 15) is 4.79 Å². The van der Waals surface area contributed by atoms with Gasteiger partial charge in [0.1, 0.15) is 0 Å². The van der Waals surface area contributed by atoms with Gasteiger partial charge in [-0.1, -0.05) is 18.2 Å². The van der Waals surface area contributed by atoms with Crippen LogP contribution in [-0.4, -0.2) is 17.4 Å². The van der Waals surface area contributed by atoms with E-state index in [-0.39, 0.29) is 5.91 Å². The molecule has 0 atom stereocenters. The molecule has 2 aromatic rings. The molecule has 1 aromatic carbocycles. The van der Waals surface area contributed by atoms with Crippen molar-refractivity contribution in [2.24, 2.45) is 0 Å². The van der Waals surface area contributed by atoms with E-state index in [1.807, 2.05) is 43.3 Å². The molecule has 0 aliphatic carbocycles. The van der Waals surface area contributed by atoms with Crippen molar-refractivity contribution >= 4 is 11.6 Å². The zero-order valence-electron chi connectivity index (χ0n) is 11.6. The lowest BCUT2D eigenvalue weighted by molar-refractivity contribution is -0.121. The topological polar surface area (TPSA) is 54.0 Å². The Labute approximate surface area is 119 Å². The molecule has 2 N–H and O–H groups in total. The molecule has 0 spiro atoms. The van der Waals surface area contributed by atoms with Gasteiger partial charge in [0.05, 0.1) is 0 Å². The van der Waals surface area contributed by atoms with Crippen LogP contribution in [-0.2, 0) is 11.3 Å². The predicted octanol–water partition coefficient (Wildman–Crippen LogP) is 2.51. The fourth-order valence-electron chi connectivity index (χ4n) is 1.87. The third-order valence-electron chi connectivity index (χ3n) is 3.05. The summed E-state index contributed by atoms with van der Waals surface area (Å²) in [5.41, 5.74) is 3.32. The summed E-state index contributed by atoms with van der Waals surface area (Å²) in [5.74, 6) is 0.0443. The molecule has 104 valence electrons. The van der Waals surface area contributed by atoms with Gasteiger partial charge in [0, 0.05) is 37.6 Å². The van der Waals surface area contributed by atoms with E-state index < -0.39 is 0 Å². The lowest BCUT2D eigenvalue weighted by Gasteiger charge is -2.09. The number of anilines is 1. The Kier molecular flexibility index (Phi) is 5.12. The van der Waals surface area contributed by atoms with E-state index in [1.165, 1.54) is 5.56 Å². The smallest absolute Gasteiger partial charge is 0.222 e. The molecule has 4 heteroatoms. The maximum Gasteiger partial charge on any atom is 0.222 e. The molecule has 0 unspecified atom stereocenters. The zero-order chi connectivity index (χ0) is 14.2. The summed E-state index contributed by atoms with van der Waals surface area (Å²) in [6.45, 7) is 3.23. The zero-order valence-corrected chi connectivity index (χ0v) is 11.6. The second-order valence-corrected chi connectivity index (χ2v) is 4.62. The number of aromatic nitrogens is 1. The van der Waals surface area contributed by atoms with Gasteiger partial charge in [-0.15, -0.1) is 0 Å². The van der Waals surface area contributed by atoms with E-state index in [2.05, 4.69) is 15.6 Å². The molecule has 0 aliphatic heterocycles. The highest BCUT2D eigenvalue weighted by Crippen LogP contribution is 2.12. The molecule has 0 saturated heterocycles. The fraction of sp³-hybridized carbons (Fsp3) is 0.250. The van der Waals surface area contributed by atoms with Gasteiger partial charge in [-0.2, -0.15) is 0 Å².